The summed E-state index contributed by atoms with van der Waals surface area (Å²) < 4.78 is 52.7. The van der Waals surface area contributed by atoms with Crippen LogP contribution in [0, 0.1) is 5.82 Å². The van der Waals surface area contributed by atoms with Crippen LogP contribution in [0.2, 0.25) is 10.2 Å². The van der Waals surface area contributed by atoms with Gasteiger partial charge in [0.15, 0.2) is 0 Å². The Labute approximate surface area is 144 Å². The Hall–Kier alpha value is -1.84. The standard InChI is InChI=1S/C13H11Cl2F4N5/c1-5(13(17,18)19)21-11-9(10(15)22-12(23-11)24-20)8-6(14)3-2-4-7(8)16/h2-5H,20H2,1H3,(H2,21,22,23,24)/t5-/m0/s1. The van der Waals surface area contributed by atoms with Gasteiger partial charge in [-0.2, -0.15) is 23.1 Å². The molecule has 0 aliphatic heterocycles. The van der Waals surface area contributed by atoms with Crippen LogP contribution in [0.1, 0.15) is 6.92 Å². The minimum Gasteiger partial charge on any atom is -0.358 e. The molecule has 0 amide bonds. The molecule has 1 aromatic heterocycles. The Bertz CT molecular complexity index is 734. The molecule has 0 saturated heterocycles. The lowest BCUT2D eigenvalue weighted by Crippen LogP contribution is -2.33. The Morgan fingerprint density at radius 3 is 2.38 bits per heavy atom. The lowest BCUT2D eigenvalue weighted by molar-refractivity contribution is -0.138. The summed E-state index contributed by atoms with van der Waals surface area (Å²) in [6.07, 6.45) is -4.57. The van der Waals surface area contributed by atoms with Gasteiger partial charge in [0, 0.05) is 5.56 Å². The topological polar surface area (TPSA) is 75.9 Å². The van der Waals surface area contributed by atoms with Crippen molar-refractivity contribution >= 4 is 35.0 Å². The van der Waals surface area contributed by atoms with Crippen LogP contribution < -0.4 is 16.6 Å². The van der Waals surface area contributed by atoms with Crippen LogP contribution in [-0.2, 0) is 0 Å². The summed E-state index contributed by atoms with van der Waals surface area (Å²) in [7, 11) is 0. The number of alkyl halides is 3. The number of nitrogens with one attached hydrogen (secondary N) is 2. The van der Waals surface area contributed by atoms with Crippen LogP contribution in [-0.4, -0.2) is 22.2 Å². The van der Waals surface area contributed by atoms with Gasteiger partial charge in [0.25, 0.3) is 0 Å². The summed E-state index contributed by atoms with van der Waals surface area (Å²) in [5.41, 5.74) is 1.66. The Kier molecular flexibility index (Phi) is 5.36. The predicted molar refractivity (Wildman–Crippen MR) is 84.4 cm³/mol. The van der Waals surface area contributed by atoms with Crippen molar-refractivity contribution in [2.24, 2.45) is 5.84 Å². The third kappa shape index (κ3) is 3.80. The number of anilines is 2. The maximum absolute atomic E-state index is 14.2. The van der Waals surface area contributed by atoms with Gasteiger partial charge in [-0.3, -0.25) is 5.43 Å². The van der Waals surface area contributed by atoms with E-state index < -0.39 is 18.0 Å². The molecule has 1 aromatic carbocycles. The lowest BCUT2D eigenvalue weighted by atomic mass is 10.1. The van der Waals surface area contributed by atoms with Gasteiger partial charge < -0.3 is 5.32 Å². The van der Waals surface area contributed by atoms with Crippen molar-refractivity contribution in [2.75, 3.05) is 10.7 Å². The number of nitrogens with two attached hydrogens (primary N) is 1. The third-order valence-corrected chi connectivity index (χ3v) is 3.64. The van der Waals surface area contributed by atoms with E-state index in [1.165, 1.54) is 12.1 Å². The largest absolute Gasteiger partial charge is 0.408 e. The first kappa shape index (κ1) is 18.5. The fourth-order valence-electron chi connectivity index (χ4n) is 1.85. The number of aromatic nitrogens is 2. The zero-order valence-electron chi connectivity index (χ0n) is 12.0. The number of hydrazine groups is 1. The third-order valence-electron chi connectivity index (χ3n) is 3.05. The zero-order valence-corrected chi connectivity index (χ0v) is 13.6. The molecule has 0 bridgehead atoms. The lowest BCUT2D eigenvalue weighted by Gasteiger charge is -2.21. The molecule has 0 aliphatic carbocycles. The monoisotopic (exact) mass is 383 g/mol. The minimum atomic E-state index is -4.57. The highest BCUT2D eigenvalue weighted by Crippen LogP contribution is 2.40. The molecule has 5 nitrogen and oxygen atoms in total. The van der Waals surface area contributed by atoms with Crippen molar-refractivity contribution in [1.82, 2.24) is 9.97 Å². The molecule has 24 heavy (non-hydrogen) atoms. The second-order valence-corrected chi connectivity index (χ2v) is 5.48. The molecular weight excluding hydrogens is 373 g/mol. The molecule has 0 fully saturated rings. The van der Waals surface area contributed by atoms with E-state index in [1.54, 1.807) is 0 Å². The summed E-state index contributed by atoms with van der Waals surface area (Å²) in [6, 6.07) is 1.81. The van der Waals surface area contributed by atoms with E-state index in [2.05, 4.69) is 20.7 Å². The minimum absolute atomic E-state index is 0.0586. The van der Waals surface area contributed by atoms with Crippen LogP contribution in [0.15, 0.2) is 18.2 Å². The molecule has 130 valence electrons. The van der Waals surface area contributed by atoms with Crippen molar-refractivity contribution in [3.63, 3.8) is 0 Å². The van der Waals surface area contributed by atoms with Crippen molar-refractivity contribution < 1.29 is 17.6 Å². The van der Waals surface area contributed by atoms with Gasteiger partial charge in [-0.15, -0.1) is 0 Å². The normalized spacial score (nSPS) is 12.8. The Morgan fingerprint density at radius 2 is 1.83 bits per heavy atom. The quantitative estimate of drug-likeness (QED) is 0.318. The number of hydrogen-bond acceptors (Lipinski definition) is 5. The van der Waals surface area contributed by atoms with E-state index in [0.29, 0.717) is 0 Å². The van der Waals surface area contributed by atoms with Crippen molar-refractivity contribution in [3.8, 4) is 11.1 Å². The number of hydrogen-bond donors (Lipinski definition) is 3. The first-order valence-corrected chi connectivity index (χ1v) is 7.22. The van der Waals surface area contributed by atoms with Gasteiger partial charge in [-0.05, 0) is 19.1 Å². The van der Waals surface area contributed by atoms with E-state index in [-0.39, 0.29) is 33.1 Å². The second-order valence-electron chi connectivity index (χ2n) is 4.71. The van der Waals surface area contributed by atoms with Gasteiger partial charge >= 0.3 is 6.18 Å². The Balaban J connectivity index is 2.66. The maximum atomic E-state index is 14.2. The van der Waals surface area contributed by atoms with Crippen molar-refractivity contribution in [1.29, 1.82) is 0 Å². The molecule has 11 heteroatoms. The van der Waals surface area contributed by atoms with Gasteiger partial charge in [0.1, 0.15) is 22.8 Å². The van der Waals surface area contributed by atoms with Gasteiger partial charge in [0.05, 0.1) is 10.6 Å². The van der Waals surface area contributed by atoms with E-state index in [4.69, 9.17) is 29.0 Å². The van der Waals surface area contributed by atoms with E-state index >= 15 is 0 Å². The summed E-state index contributed by atoms with van der Waals surface area (Å²) in [5, 5.41) is 1.76. The summed E-state index contributed by atoms with van der Waals surface area (Å²) in [4.78, 5) is 7.55. The summed E-state index contributed by atoms with van der Waals surface area (Å²) >= 11 is 12.0. The molecule has 2 aromatic rings. The smallest absolute Gasteiger partial charge is 0.358 e. The predicted octanol–water partition coefficient (Wildman–Crippen LogP) is 4.24. The van der Waals surface area contributed by atoms with E-state index in [0.717, 1.165) is 13.0 Å². The van der Waals surface area contributed by atoms with Crippen LogP contribution in [0.5, 0.6) is 0 Å². The SMILES string of the molecule is C[C@H](Nc1nc(NN)nc(Cl)c1-c1c(F)cccc1Cl)C(F)(F)F. The van der Waals surface area contributed by atoms with Crippen molar-refractivity contribution in [2.45, 2.75) is 19.1 Å². The highest BCUT2D eigenvalue weighted by molar-refractivity contribution is 6.36. The molecule has 0 unspecified atom stereocenters. The number of nitrogens with zero attached hydrogens (tertiary/aromatic N) is 2. The van der Waals surface area contributed by atoms with E-state index in [9.17, 15) is 17.6 Å². The Morgan fingerprint density at radius 1 is 1.17 bits per heavy atom. The van der Waals surface area contributed by atoms with Gasteiger partial charge in [-0.1, -0.05) is 29.3 Å². The number of benzene rings is 1. The highest BCUT2D eigenvalue weighted by Gasteiger charge is 2.37. The second kappa shape index (κ2) is 6.96. The summed E-state index contributed by atoms with van der Waals surface area (Å²) in [6.45, 7) is 0.873. The molecular formula is C13H11Cl2F4N5. The molecule has 1 atom stereocenters. The number of halogens is 6. The zero-order chi connectivity index (χ0) is 18.1. The molecule has 4 N–H and O–H groups in total. The molecule has 0 aliphatic rings. The van der Waals surface area contributed by atoms with Crippen LogP contribution in [0.4, 0.5) is 29.3 Å². The fourth-order valence-corrected chi connectivity index (χ4v) is 2.37. The fraction of sp³-hybridized carbons (Fsp3) is 0.231. The first-order valence-electron chi connectivity index (χ1n) is 6.47. The maximum Gasteiger partial charge on any atom is 0.408 e. The van der Waals surface area contributed by atoms with Crippen LogP contribution >= 0.6 is 23.2 Å². The molecule has 1 heterocycles. The number of rotatable bonds is 4. The van der Waals surface area contributed by atoms with Crippen LogP contribution in [0.25, 0.3) is 11.1 Å². The average Bonchev–Trinajstić information content (AvgIpc) is 2.48. The molecule has 0 spiro atoms. The molecule has 0 radical (unpaired) electrons. The number of nitrogen functional groups attached to an aromatic ring is 1. The van der Waals surface area contributed by atoms with Gasteiger partial charge in [0.2, 0.25) is 5.95 Å². The van der Waals surface area contributed by atoms with E-state index in [1.807, 2.05) is 0 Å². The first-order chi connectivity index (χ1) is 11.1. The van der Waals surface area contributed by atoms with Gasteiger partial charge in [-0.25, -0.2) is 10.2 Å². The van der Waals surface area contributed by atoms with Crippen molar-refractivity contribution in [3.05, 3.63) is 34.2 Å². The summed E-state index contributed by atoms with van der Waals surface area (Å²) in [5.74, 6) is 3.78. The average molecular weight is 384 g/mol. The van der Waals surface area contributed by atoms with Crippen LogP contribution in [0.3, 0.4) is 0 Å². The molecule has 2 rings (SSSR count). The molecule has 0 saturated carbocycles. The highest BCUT2D eigenvalue weighted by atomic mass is 35.5.